The molecule has 3 aromatic rings. The molecule has 3 rings (SSSR count). The number of rotatable bonds is 14. The monoisotopic (exact) mass is 604 g/mol. The van der Waals surface area contributed by atoms with E-state index in [9.17, 15) is 18.4 Å². The number of amides is 2. The van der Waals surface area contributed by atoms with Gasteiger partial charge in [0.05, 0.1) is 17.9 Å². The molecule has 2 N–H and O–H groups in total. The maximum Gasteiger partial charge on any atom is 0.253 e. The van der Waals surface area contributed by atoms with E-state index in [1.165, 1.54) is 11.3 Å². The lowest BCUT2D eigenvalue weighted by Crippen LogP contribution is -2.35. The van der Waals surface area contributed by atoms with Crippen LogP contribution in [0.5, 0.6) is 0 Å². The Morgan fingerprint density at radius 2 is 1.93 bits per heavy atom. The van der Waals surface area contributed by atoms with Crippen LogP contribution in [-0.2, 0) is 9.53 Å². The van der Waals surface area contributed by atoms with E-state index in [1.54, 1.807) is 19.4 Å². The van der Waals surface area contributed by atoms with Gasteiger partial charge in [0.1, 0.15) is 5.69 Å². The number of carbonyl (C=O) groups excluding carboxylic acids is 2. The zero-order valence-electron chi connectivity index (χ0n) is 25.8. The van der Waals surface area contributed by atoms with Crippen LogP contribution in [0.4, 0.5) is 13.9 Å². The van der Waals surface area contributed by atoms with Crippen molar-refractivity contribution >= 4 is 36.2 Å². The minimum atomic E-state index is -2.13. The van der Waals surface area contributed by atoms with Crippen LogP contribution < -0.4 is 10.6 Å². The number of aryl methyl sites for hydroxylation is 1. The Hall–Kier alpha value is -3.12. The topological polar surface area (TPSA) is 98.1 Å². The van der Waals surface area contributed by atoms with Crippen molar-refractivity contribution in [3.63, 3.8) is 0 Å². The van der Waals surface area contributed by atoms with Gasteiger partial charge in [-0.3, -0.25) is 14.6 Å². The van der Waals surface area contributed by atoms with E-state index in [4.69, 9.17) is 4.74 Å². The molecule has 8 nitrogen and oxygen atoms in total. The lowest BCUT2D eigenvalue weighted by molar-refractivity contribution is -0.105. The summed E-state index contributed by atoms with van der Waals surface area (Å²) in [6, 6.07) is 7.57. The maximum absolute atomic E-state index is 12.4. The normalized spacial score (nSPS) is 12.6. The number of nitrogens with zero attached hydrogens (tertiary/aromatic N) is 3. The summed E-state index contributed by atoms with van der Waals surface area (Å²) in [5.74, 6) is 0.000602. The zero-order chi connectivity index (χ0) is 31.5. The number of hydrogen-bond donors (Lipinski definition) is 2. The highest BCUT2D eigenvalue weighted by Crippen LogP contribution is 2.25. The van der Waals surface area contributed by atoms with Crippen molar-refractivity contribution < 1.29 is 23.1 Å². The smallest absolute Gasteiger partial charge is 0.253 e. The SMILES string of the molecule is CCCC(CC(C)CC)C(F)F.C[B]n1ccc(C(=O)NC(C)COC)c1.Cc1cccc(-c2csc(NC=O)n2)n1. The summed E-state index contributed by atoms with van der Waals surface area (Å²) in [4.78, 5) is 30.4. The maximum atomic E-state index is 12.4. The van der Waals surface area contributed by atoms with Crippen LogP contribution >= 0.6 is 11.3 Å². The number of ether oxygens (including phenoxy) is 1. The third kappa shape index (κ3) is 14.2. The quantitative estimate of drug-likeness (QED) is 0.153. The van der Waals surface area contributed by atoms with Crippen LogP contribution in [0.15, 0.2) is 42.0 Å². The summed E-state index contributed by atoms with van der Waals surface area (Å²) in [5, 5.41) is 7.81. The Balaban J connectivity index is 0.000000318. The molecule has 3 unspecified atom stereocenters. The van der Waals surface area contributed by atoms with Crippen molar-refractivity contribution in [2.45, 2.75) is 79.6 Å². The number of anilines is 1. The highest BCUT2D eigenvalue weighted by molar-refractivity contribution is 7.14. The van der Waals surface area contributed by atoms with Gasteiger partial charge in [0.25, 0.3) is 5.91 Å². The van der Waals surface area contributed by atoms with Gasteiger partial charge in [0, 0.05) is 36.3 Å². The third-order valence-electron chi connectivity index (χ3n) is 6.32. The molecule has 1 radical (unpaired) electrons. The molecule has 231 valence electrons. The highest BCUT2D eigenvalue weighted by Gasteiger charge is 2.20. The van der Waals surface area contributed by atoms with E-state index in [0.29, 0.717) is 42.5 Å². The summed E-state index contributed by atoms with van der Waals surface area (Å²) in [6.45, 7) is 12.3. The van der Waals surface area contributed by atoms with Gasteiger partial charge in [-0.25, -0.2) is 13.8 Å². The Morgan fingerprint density at radius 3 is 2.48 bits per heavy atom. The van der Waals surface area contributed by atoms with Crippen LogP contribution in [0.25, 0.3) is 11.4 Å². The predicted molar refractivity (Wildman–Crippen MR) is 168 cm³/mol. The second-order valence-corrected chi connectivity index (χ2v) is 10.9. The van der Waals surface area contributed by atoms with E-state index in [2.05, 4.69) is 27.5 Å². The molecule has 0 aliphatic heterocycles. The minimum Gasteiger partial charge on any atom is -0.402 e. The average molecular weight is 605 g/mol. The summed E-state index contributed by atoms with van der Waals surface area (Å²) in [7, 11) is 3.50. The molecule has 0 fully saturated rings. The fraction of sp³-hybridized carbons (Fsp3) is 0.533. The largest absolute Gasteiger partial charge is 0.402 e. The molecule has 0 aliphatic carbocycles. The molecule has 0 aliphatic rings. The van der Waals surface area contributed by atoms with Crippen LogP contribution in [0.1, 0.15) is 69.4 Å². The Labute approximate surface area is 254 Å². The molecule has 0 saturated heterocycles. The summed E-state index contributed by atoms with van der Waals surface area (Å²) in [5.41, 5.74) is 3.22. The number of carbonyl (C=O) groups is 2. The molecule has 42 heavy (non-hydrogen) atoms. The minimum absolute atomic E-state index is 0.0245. The molecule has 0 spiro atoms. The first-order valence-electron chi connectivity index (χ1n) is 14.2. The van der Waals surface area contributed by atoms with E-state index in [1.807, 2.05) is 76.2 Å². The van der Waals surface area contributed by atoms with Crippen LogP contribution in [0, 0.1) is 18.8 Å². The van der Waals surface area contributed by atoms with Crippen LogP contribution in [0.2, 0.25) is 6.82 Å². The Kier molecular flexibility index (Phi) is 18.2. The molecule has 3 aromatic heterocycles. The number of alkyl halides is 2. The number of pyridine rings is 1. The van der Waals surface area contributed by atoms with Gasteiger partial charge in [0.15, 0.2) is 5.13 Å². The van der Waals surface area contributed by atoms with Gasteiger partial charge in [0.2, 0.25) is 20.2 Å². The molecular formula is C30H45BF2N5O3S. The number of halogens is 2. The summed E-state index contributed by atoms with van der Waals surface area (Å²) >= 11 is 1.38. The molecule has 3 heterocycles. The van der Waals surface area contributed by atoms with E-state index in [0.717, 1.165) is 29.9 Å². The van der Waals surface area contributed by atoms with Crippen molar-refractivity contribution in [1.29, 1.82) is 0 Å². The van der Waals surface area contributed by atoms with Crippen LogP contribution in [-0.4, -0.2) is 60.4 Å². The number of thiazole rings is 1. The fourth-order valence-electron chi connectivity index (χ4n) is 3.90. The summed E-state index contributed by atoms with van der Waals surface area (Å²) in [6.07, 6.45) is 5.35. The molecule has 0 saturated carbocycles. The van der Waals surface area contributed by atoms with Gasteiger partial charge in [-0.05, 0) is 57.0 Å². The Bertz CT molecular complexity index is 1180. The lowest BCUT2D eigenvalue weighted by Gasteiger charge is -2.18. The number of methoxy groups -OCH3 is 1. The number of hydrogen-bond acceptors (Lipinski definition) is 6. The van der Waals surface area contributed by atoms with Gasteiger partial charge < -0.3 is 19.8 Å². The van der Waals surface area contributed by atoms with Crippen molar-refractivity contribution in [3.05, 3.63) is 53.3 Å². The van der Waals surface area contributed by atoms with Crippen LogP contribution in [0.3, 0.4) is 0 Å². The number of nitrogens with one attached hydrogen (secondary N) is 2. The molecule has 2 amide bonds. The highest BCUT2D eigenvalue weighted by atomic mass is 32.1. The summed E-state index contributed by atoms with van der Waals surface area (Å²) < 4.78 is 31.5. The third-order valence-corrected chi connectivity index (χ3v) is 7.10. The fourth-order valence-corrected chi connectivity index (χ4v) is 4.57. The van der Waals surface area contributed by atoms with Crippen molar-refractivity contribution in [2.75, 3.05) is 19.0 Å². The second-order valence-electron chi connectivity index (χ2n) is 10.0. The first-order chi connectivity index (χ1) is 20.1. The molecule has 3 atom stereocenters. The Morgan fingerprint density at radius 1 is 1.19 bits per heavy atom. The molecule has 0 aromatic carbocycles. The lowest BCUT2D eigenvalue weighted by atomic mass is 9.91. The van der Waals surface area contributed by atoms with Gasteiger partial charge in [-0.1, -0.05) is 46.5 Å². The van der Waals surface area contributed by atoms with E-state index >= 15 is 0 Å². The van der Waals surface area contributed by atoms with Gasteiger partial charge in [-0.15, -0.1) is 11.3 Å². The number of aromatic nitrogens is 3. The van der Waals surface area contributed by atoms with Crippen molar-refractivity contribution in [3.8, 4) is 11.4 Å². The molecule has 12 heteroatoms. The van der Waals surface area contributed by atoms with Gasteiger partial charge in [-0.2, -0.15) is 0 Å². The molecular weight excluding hydrogens is 559 g/mol. The van der Waals surface area contributed by atoms with E-state index < -0.39 is 6.43 Å². The standard InChI is InChI=1S/C10H16BN2O2.C10H20F2.C10H9N3OS/c1-8(7-15-3)12-10(14)9-4-5-13(6-9)11-2;1-4-6-9(10(11)12)7-8(3)5-2;1-7-3-2-4-8(12-7)9-5-15-10(13-9)11-6-14/h4-6,8H,7H2,1-3H3,(H,12,14);8-10H,4-7H2,1-3H3;2-6H,1H3,(H,11,13,14). The van der Waals surface area contributed by atoms with Crippen molar-refractivity contribution in [1.82, 2.24) is 19.8 Å². The van der Waals surface area contributed by atoms with E-state index in [-0.39, 0.29) is 17.9 Å². The average Bonchev–Trinajstić information content (AvgIpc) is 3.64. The van der Waals surface area contributed by atoms with Gasteiger partial charge >= 0.3 is 0 Å². The second kappa shape index (κ2) is 20.7. The zero-order valence-corrected chi connectivity index (χ0v) is 26.6. The molecule has 0 bridgehead atoms. The first kappa shape index (κ1) is 36.9. The van der Waals surface area contributed by atoms with Crippen molar-refractivity contribution in [2.24, 2.45) is 11.8 Å². The first-order valence-corrected chi connectivity index (χ1v) is 15.1. The predicted octanol–water partition coefficient (Wildman–Crippen LogP) is 6.95.